The number of aryl methyl sites for hydroxylation is 1. The highest BCUT2D eigenvalue weighted by Crippen LogP contribution is 2.31. The standard InChI is InChI=1S/C17H16N2O/c1-11-4-2-5-12(10-11)16(18)13-7-8-15(20)17-14(13)6-3-9-19-17/h2-10,16,20H,18H2,1H3. The van der Waals surface area contributed by atoms with Crippen molar-refractivity contribution < 1.29 is 5.11 Å². The summed E-state index contributed by atoms with van der Waals surface area (Å²) in [5, 5.41) is 10.8. The van der Waals surface area contributed by atoms with Crippen LogP contribution in [0.3, 0.4) is 0 Å². The van der Waals surface area contributed by atoms with E-state index in [2.05, 4.69) is 11.1 Å². The molecular weight excluding hydrogens is 248 g/mol. The summed E-state index contributed by atoms with van der Waals surface area (Å²) >= 11 is 0. The minimum atomic E-state index is -0.234. The molecule has 0 aliphatic carbocycles. The predicted molar refractivity (Wildman–Crippen MR) is 80.6 cm³/mol. The van der Waals surface area contributed by atoms with Crippen LogP contribution in [-0.2, 0) is 0 Å². The van der Waals surface area contributed by atoms with Gasteiger partial charge in [0.25, 0.3) is 0 Å². The molecule has 0 saturated carbocycles. The van der Waals surface area contributed by atoms with Crippen LogP contribution in [0.5, 0.6) is 5.75 Å². The highest BCUT2D eigenvalue weighted by Gasteiger charge is 2.14. The number of rotatable bonds is 2. The molecule has 0 bridgehead atoms. The van der Waals surface area contributed by atoms with Crippen LogP contribution in [0.2, 0.25) is 0 Å². The van der Waals surface area contributed by atoms with Crippen LogP contribution in [-0.4, -0.2) is 10.1 Å². The second-order valence-corrected chi connectivity index (χ2v) is 4.97. The first-order valence-electron chi connectivity index (χ1n) is 6.55. The number of nitrogens with zero attached hydrogens (tertiary/aromatic N) is 1. The van der Waals surface area contributed by atoms with Gasteiger partial charge in [-0.25, -0.2) is 0 Å². The summed E-state index contributed by atoms with van der Waals surface area (Å²) in [5.41, 5.74) is 10.2. The molecule has 0 radical (unpaired) electrons. The van der Waals surface area contributed by atoms with Gasteiger partial charge in [-0.2, -0.15) is 0 Å². The van der Waals surface area contributed by atoms with Crippen molar-refractivity contribution in [2.75, 3.05) is 0 Å². The predicted octanol–water partition coefficient (Wildman–Crippen LogP) is 3.30. The summed E-state index contributed by atoms with van der Waals surface area (Å²) in [7, 11) is 0. The Bertz CT molecular complexity index is 768. The second kappa shape index (κ2) is 4.94. The van der Waals surface area contributed by atoms with Gasteiger partial charge < -0.3 is 10.8 Å². The molecule has 3 N–H and O–H groups in total. The van der Waals surface area contributed by atoms with Crippen molar-refractivity contribution in [2.24, 2.45) is 5.73 Å². The topological polar surface area (TPSA) is 59.1 Å². The molecule has 3 heteroatoms. The van der Waals surface area contributed by atoms with Crippen LogP contribution in [0, 0.1) is 6.92 Å². The fourth-order valence-corrected chi connectivity index (χ4v) is 2.49. The zero-order valence-electron chi connectivity index (χ0n) is 11.2. The Morgan fingerprint density at radius 1 is 1.10 bits per heavy atom. The van der Waals surface area contributed by atoms with E-state index >= 15 is 0 Å². The molecular formula is C17H16N2O. The third-order valence-electron chi connectivity index (χ3n) is 3.52. The molecule has 3 aromatic rings. The minimum Gasteiger partial charge on any atom is -0.506 e. The molecule has 3 nitrogen and oxygen atoms in total. The first kappa shape index (κ1) is 12.6. The largest absolute Gasteiger partial charge is 0.506 e. The van der Waals surface area contributed by atoms with Crippen LogP contribution in [0.15, 0.2) is 54.7 Å². The first-order valence-corrected chi connectivity index (χ1v) is 6.55. The van der Waals surface area contributed by atoms with E-state index in [1.165, 1.54) is 5.56 Å². The Kier molecular flexibility index (Phi) is 3.12. The number of hydrogen-bond acceptors (Lipinski definition) is 3. The maximum atomic E-state index is 9.89. The second-order valence-electron chi connectivity index (χ2n) is 4.97. The first-order chi connectivity index (χ1) is 9.66. The van der Waals surface area contributed by atoms with Crippen molar-refractivity contribution in [3.63, 3.8) is 0 Å². The lowest BCUT2D eigenvalue weighted by atomic mass is 9.95. The number of aromatic nitrogens is 1. The number of phenols is 1. The SMILES string of the molecule is Cc1cccc(C(N)c2ccc(O)c3ncccc23)c1. The normalized spacial score (nSPS) is 12.5. The van der Waals surface area contributed by atoms with Crippen LogP contribution in [0.4, 0.5) is 0 Å². The van der Waals surface area contributed by atoms with Crippen molar-refractivity contribution in [2.45, 2.75) is 13.0 Å². The van der Waals surface area contributed by atoms with Gasteiger partial charge >= 0.3 is 0 Å². The molecule has 1 atom stereocenters. The van der Waals surface area contributed by atoms with Crippen molar-refractivity contribution in [1.29, 1.82) is 0 Å². The summed E-state index contributed by atoms with van der Waals surface area (Å²) in [6, 6.07) is 15.2. The van der Waals surface area contributed by atoms with Crippen LogP contribution in [0.25, 0.3) is 10.9 Å². The maximum absolute atomic E-state index is 9.89. The lowest BCUT2D eigenvalue weighted by molar-refractivity contribution is 0.480. The number of hydrogen-bond donors (Lipinski definition) is 2. The molecule has 2 aromatic carbocycles. The lowest BCUT2D eigenvalue weighted by Gasteiger charge is -2.16. The van der Waals surface area contributed by atoms with Crippen LogP contribution in [0.1, 0.15) is 22.7 Å². The maximum Gasteiger partial charge on any atom is 0.141 e. The van der Waals surface area contributed by atoms with Gasteiger partial charge in [0.1, 0.15) is 11.3 Å². The number of nitrogens with two attached hydrogens (primary N) is 1. The molecule has 0 amide bonds. The van der Waals surface area contributed by atoms with Crippen molar-refractivity contribution in [1.82, 2.24) is 4.98 Å². The summed E-state index contributed by atoms with van der Waals surface area (Å²) in [6.45, 7) is 2.05. The molecule has 0 fully saturated rings. The van der Waals surface area contributed by atoms with Gasteiger partial charge in [0.15, 0.2) is 0 Å². The monoisotopic (exact) mass is 264 g/mol. The summed E-state index contributed by atoms with van der Waals surface area (Å²) < 4.78 is 0. The van der Waals surface area contributed by atoms with Gasteiger partial charge in [0, 0.05) is 11.6 Å². The number of benzene rings is 2. The number of fused-ring (bicyclic) bond motifs is 1. The molecule has 1 aromatic heterocycles. The summed E-state index contributed by atoms with van der Waals surface area (Å²) in [6.07, 6.45) is 1.67. The van der Waals surface area contributed by atoms with E-state index in [9.17, 15) is 5.11 Å². The summed E-state index contributed by atoms with van der Waals surface area (Å²) in [5.74, 6) is 0.181. The zero-order chi connectivity index (χ0) is 14.1. The van der Waals surface area contributed by atoms with Gasteiger partial charge in [-0.15, -0.1) is 0 Å². The number of pyridine rings is 1. The Labute approximate surface area is 117 Å². The van der Waals surface area contributed by atoms with E-state index in [-0.39, 0.29) is 11.8 Å². The van der Waals surface area contributed by atoms with E-state index in [0.29, 0.717) is 5.52 Å². The van der Waals surface area contributed by atoms with Crippen molar-refractivity contribution in [3.05, 3.63) is 71.4 Å². The molecule has 0 spiro atoms. The smallest absolute Gasteiger partial charge is 0.141 e. The Hall–Kier alpha value is -2.39. The van der Waals surface area contributed by atoms with E-state index in [4.69, 9.17) is 5.73 Å². The molecule has 3 rings (SSSR count). The highest BCUT2D eigenvalue weighted by atomic mass is 16.3. The van der Waals surface area contributed by atoms with Crippen molar-refractivity contribution in [3.8, 4) is 5.75 Å². The summed E-state index contributed by atoms with van der Waals surface area (Å²) in [4.78, 5) is 4.23. The molecule has 0 aliphatic rings. The molecule has 0 saturated heterocycles. The average molecular weight is 264 g/mol. The van der Waals surface area contributed by atoms with Gasteiger partial charge in [-0.3, -0.25) is 4.98 Å². The molecule has 20 heavy (non-hydrogen) atoms. The van der Waals surface area contributed by atoms with Gasteiger partial charge in [-0.1, -0.05) is 42.0 Å². The Balaban J connectivity index is 2.17. The zero-order valence-corrected chi connectivity index (χ0v) is 11.2. The molecule has 1 unspecified atom stereocenters. The van der Waals surface area contributed by atoms with Crippen molar-refractivity contribution >= 4 is 10.9 Å². The van der Waals surface area contributed by atoms with Crippen LogP contribution < -0.4 is 5.73 Å². The minimum absolute atomic E-state index is 0.181. The third-order valence-corrected chi connectivity index (χ3v) is 3.52. The molecule has 1 heterocycles. The third kappa shape index (κ3) is 2.12. The molecule has 0 aliphatic heterocycles. The van der Waals surface area contributed by atoms with E-state index in [1.54, 1.807) is 12.3 Å². The quantitative estimate of drug-likeness (QED) is 0.746. The number of phenolic OH excluding ortho intramolecular Hbond substituents is 1. The van der Waals surface area contributed by atoms with E-state index < -0.39 is 0 Å². The van der Waals surface area contributed by atoms with Gasteiger partial charge in [-0.05, 0) is 30.2 Å². The average Bonchev–Trinajstić information content (AvgIpc) is 2.47. The van der Waals surface area contributed by atoms with E-state index in [0.717, 1.165) is 16.5 Å². The lowest BCUT2D eigenvalue weighted by Crippen LogP contribution is -2.12. The van der Waals surface area contributed by atoms with Gasteiger partial charge in [0.05, 0.1) is 6.04 Å². The highest BCUT2D eigenvalue weighted by molar-refractivity contribution is 5.87. The van der Waals surface area contributed by atoms with Crippen LogP contribution >= 0.6 is 0 Å². The Morgan fingerprint density at radius 3 is 2.75 bits per heavy atom. The van der Waals surface area contributed by atoms with Gasteiger partial charge in [0.2, 0.25) is 0 Å². The Morgan fingerprint density at radius 2 is 1.95 bits per heavy atom. The number of aromatic hydroxyl groups is 1. The molecule has 100 valence electrons. The fourth-order valence-electron chi connectivity index (χ4n) is 2.49. The fraction of sp³-hybridized carbons (Fsp3) is 0.118. The van der Waals surface area contributed by atoms with E-state index in [1.807, 2.05) is 43.3 Å².